The molecule has 6 heterocycles. The Hall–Kier alpha value is -9.44. The van der Waals surface area contributed by atoms with Crippen LogP contribution < -0.4 is 25.1 Å². The number of likely N-dealkylation sites (tertiary alicyclic amines) is 6. The van der Waals surface area contributed by atoms with Crippen molar-refractivity contribution in [2.45, 2.75) is 186 Å². The zero-order valence-electron chi connectivity index (χ0n) is 79.7. The Morgan fingerprint density at radius 1 is 0.306 bits per heavy atom. The number of rotatable bonds is 29. The number of methoxy groups -OCH3 is 1. The fraction of sp³-hybridized carbons (Fsp3) is 0.543. The first-order chi connectivity index (χ1) is 68.6. The van der Waals surface area contributed by atoms with Crippen molar-refractivity contribution in [3.63, 3.8) is 0 Å². The predicted octanol–water partition coefficient (Wildman–Crippen LogP) is 20.1. The predicted molar refractivity (Wildman–Crippen MR) is 506 cm³/mol. The van der Waals surface area contributed by atoms with Crippen LogP contribution in [0.1, 0.15) is 209 Å². The molecule has 816 valence electrons. The fourth-order valence-corrected chi connectivity index (χ4v) is 20.6. The highest BCUT2D eigenvalue weighted by Crippen LogP contribution is 2.46. The Morgan fingerprint density at radius 3 is 0.680 bits per heavy atom. The van der Waals surface area contributed by atoms with Gasteiger partial charge in [-0.3, -0.25) is 4.90 Å². The van der Waals surface area contributed by atoms with Crippen LogP contribution in [0.25, 0.3) is 0 Å². The number of hydrogen-bond donors (Lipinski definition) is 0. The van der Waals surface area contributed by atoms with Gasteiger partial charge in [-0.25, -0.2) is 0 Å². The van der Waals surface area contributed by atoms with Gasteiger partial charge in [0.1, 0.15) is 24.3 Å². The molecule has 6 fully saturated rings. The number of hydrogen-bond acceptors (Lipinski definition) is 29. The molecule has 29 nitrogen and oxygen atoms in total. The van der Waals surface area contributed by atoms with Gasteiger partial charge in [0, 0.05) is 20.2 Å². The molecule has 0 N–H and O–H groups in total. The molecule has 6 aliphatic heterocycles. The van der Waals surface area contributed by atoms with Crippen molar-refractivity contribution < 1.29 is 159 Å². The van der Waals surface area contributed by atoms with Gasteiger partial charge < -0.3 is 54.3 Å². The van der Waals surface area contributed by atoms with E-state index in [-0.39, 0.29) is 67.8 Å². The lowest BCUT2D eigenvalue weighted by atomic mass is 9.86. The number of nitrogens with zero attached hydrogens (tertiary/aromatic N) is 10. The number of piperidine rings is 6. The topological polar surface area (TPSA) is 384 Å². The smallest absolute Gasteiger partial charge is 0.383 e. The molecular formula is C92H108Cl2F18N10O19S6. The second-order valence-corrected chi connectivity index (χ2v) is 44.2. The number of benzene rings is 6. The first-order valence-electron chi connectivity index (χ1n) is 45.8. The molecule has 6 aliphatic rings. The van der Waals surface area contributed by atoms with Crippen LogP contribution in [-0.2, 0) is 65.4 Å². The van der Waals surface area contributed by atoms with Crippen LogP contribution in [0.4, 0.5) is 79.0 Å². The molecule has 0 amide bonds. The largest absolute Gasteiger partial charge is 0.534 e. The highest BCUT2D eigenvalue weighted by Gasteiger charge is 2.54. The van der Waals surface area contributed by atoms with Crippen LogP contribution in [0.2, 0.25) is 10.0 Å². The summed E-state index contributed by atoms with van der Waals surface area (Å²) in [5, 5.41) is 37.2. The second-order valence-electron chi connectivity index (χ2n) is 34.2. The molecule has 12 rings (SSSR count). The maximum absolute atomic E-state index is 12.5. The second kappa shape index (κ2) is 54.0. The van der Waals surface area contributed by atoms with Crippen LogP contribution in [0, 0.1) is 45.3 Å². The van der Waals surface area contributed by atoms with E-state index >= 15 is 0 Å². The van der Waals surface area contributed by atoms with E-state index in [2.05, 4.69) is 81.8 Å². The van der Waals surface area contributed by atoms with Gasteiger partial charge in [0.2, 0.25) is 0 Å². The summed E-state index contributed by atoms with van der Waals surface area (Å²) >= 11 is 12.2. The summed E-state index contributed by atoms with van der Waals surface area (Å²) in [6, 6.07) is 32.1. The summed E-state index contributed by atoms with van der Waals surface area (Å²) in [6.45, 7) is 27.7. The third kappa shape index (κ3) is 34.5. The van der Waals surface area contributed by atoms with E-state index in [0.717, 1.165) is 218 Å². The zero-order chi connectivity index (χ0) is 110. The van der Waals surface area contributed by atoms with Crippen molar-refractivity contribution in [3.05, 3.63) is 188 Å². The summed E-state index contributed by atoms with van der Waals surface area (Å²) in [6.07, 6.45) is 13.0. The molecule has 55 heteroatoms. The highest BCUT2D eigenvalue weighted by molar-refractivity contribution is 7.89. The molecule has 0 spiro atoms. The number of alkyl halides is 18. The summed E-state index contributed by atoms with van der Waals surface area (Å²) < 4.78 is 389. The Kier molecular flexibility index (Phi) is 45.7. The van der Waals surface area contributed by atoms with E-state index in [9.17, 15) is 151 Å². The van der Waals surface area contributed by atoms with Gasteiger partial charge in [-0.05, 0) is 300 Å². The first kappa shape index (κ1) is 124. The summed E-state index contributed by atoms with van der Waals surface area (Å²) in [5.74, 6) is -3.30. The van der Waals surface area contributed by atoms with Gasteiger partial charge in [0.25, 0.3) is 0 Å². The van der Waals surface area contributed by atoms with Crippen LogP contribution in [-0.4, -0.2) is 244 Å². The van der Waals surface area contributed by atoms with E-state index in [1.165, 1.54) is 36.4 Å². The molecule has 0 bridgehead atoms. The Bertz CT molecular complexity index is 6310. The van der Waals surface area contributed by atoms with E-state index in [4.69, 9.17) is 27.9 Å². The maximum Gasteiger partial charge on any atom is 0.534 e. The molecule has 0 radical (unpaired) electrons. The molecule has 0 unspecified atom stereocenters. The molecule has 0 atom stereocenters. The van der Waals surface area contributed by atoms with Crippen molar-refractivity contribution in [2.24, 2.45) is 0 Å². The van der Waals surface area contributed by atoms with Gasteiger partial charge in [-0.2, -0.15) is 151 Å². The van der Waals surface area contributed by atoms with E-state index in [1.807, 2.05) is 6.92 Å². The van der Waals surface area contributed by atoms with Crippen LogP contribution in [0.3, 0.4) is 0 Å². The normalized spacial score (nSPS) is 17.4. The zero-order valence-corrected chi connectivity index (χ0v) is 86.1. The van der Waals surface area contributed by atoms with Gasteiger partial charge in [0.05, 0.1) is 38.9 Å². The molecule has 147 heavy (non-hydrogen) atoms. The summed E-state index contributed by atoms with van der Waals surface area (Å²) in [4.78, 5) is 13.5. The van der Waals surface area contributed by atoms with Crippen LogP contribution in [0.5, 0.6) is 34.5 Å². The summed E-state index contributed by atoms with van der Waals surface area (Å²) in [5.41, 5.74) is -30.5. The van der Waals surface area contributed by atoms with Crippen molar-refractivity contribution in [2.75, 3.05) is 132 Å². The first-order valence-corrected chi connectivity index (χ1v) is 55.0. The molecule has 6 saturated heterocycles. The lowest BCUT2D eigenvalue weighted by Crippen LogP contribution is -2.35. The maximum atomic E-state index is 12.5. The van der Waals surface area contributed by atoms with Crippen molar-refractivity contribution >= 4 is 83.9 Å². The molecule has 0 aromatic heterocycles. The van der Waals surface area contributed by atoms with Crippen molar-refractivity contribution in [1.82, 2.24) is 29.4 Å². The number of ether oxygens (including phenoxy) is 1. The number of halogens is 20. The average Bonchev–Trinajstić information content (AvgIpc) is 0.797. The van der Waals surface area contributed by atoms with E-state index < -0.39 is 128 Å². The molecule has 0 saturated carbocycles. The third-order valence-corrected chi connectivity index (χ3v) is 31.3. The Labute approximate surface area is 852 Å². The van der Waals surface area contributed by atoms with Gasteiger partial charge in [-0.15, -0.1) is 6.58 Å². The lowest BCUT2D eigenvalue weighted by molar-refractivity contribution is -0.0505. The van der Waals surface area contributed by atoms with E-state index in [0.29, 0.717) is 65.7 Å². The molecule has 0 aliphatic carbocycles. The minimum Gasteiger partial charge on any atom is -0.383 e. The van der Waals surface area contributed by atoms with Crippen molar-refractivity contribution in [3.8, 4) is 58.8 Å². The average molecular weight is 2260 g/mol. The summed E-state index contributed by atoms with van der Waals surface area (Å²) in [7, 11) is -33.1. The minimum absolute atomic E-state index is 0.0140. The van der Waals surface area contributed by atoms with Gasteiger partial charge >= 0.3 is 93.8 Å². The Morgan fingerprint density at radius 2 is 0.490 bits per heavy atom. The monoisotopic (exact) mass is 2260 g/mol. The molecular weight excluding hydrogens is 2150 g/mol. The molecule has 6 aromatic carbocycles. The van der Waals surface area contributed by atoms with Gasteiger partial charge in [0.15, 0.2) is 34.5 Å². The van der Waals surface area contributed by atoms with Crippen LogP contribution >= 0.6 is 23.2 Å². The third-order valence-electron chi connectivity index (χ3n) is 24.7. The van der Waals surface area contributed by atoms with Crippen molar-refractivity contribution in [1.29, 1.82) is 21.0 Å². The standard InChI is InChI=1S/C16H19F3N2O4S.C16H19F3N2O3S.C16H17F3N2O3S.C15H19ClF3NO3S.C15H17F3N2O3S.C14H17ClF3NO3S/c1-24-10-9-21-7-5-12(6-8-21)13-3-2-4-15(14(13)11-20)25-26(22,23)16(17,18)19;2*1-2-8-21-9-6-12(7-10-21)13-4-3-5-15(14(13)11-20)24-25(22,23)16(17,18)19;1-2-8-20-9-6-11(7-10-20)12-4-3-5-13(14(12)16)23-24(21,22)15(17,18)19;1-2-20-8-6-11(7-9-20)12-4-3-5-14(13(12)10-19)23-24(21,22)15(16,17)18;1-2-19-8-6-10(7-9-19)11-4-3-5-12(13(11)15)22-23(20,21)14(16,17)18/h2-4,12H,5-10H2,1H3;3-5,12H,2,6-10H2,1H3;2-5,12H,1,6-10H2;3-5,11H,2,6-10H2,1H3;3-5,11H,2,6-9H2,1H3;3-5,10H,2,6-9H2,1H3. The molecule has 6 aromatic rings. The van der Waals surface area contributed by atoms with Gasteiger partial charge in [-0.1, -0.05) is 130 Å². The van der Waals surface area contributed by atoms with Crippen LogP contribution in [0.15, 0.2) is 122 Å². The lowest BCUT2D eigenvalue weighted by Gasteiger charge is -2.32. The SMILES string of the molecule is C=CCN1CCC(c2cccc(OS(=O)(=O)C(F)(F)F)c2C#N)CC1.CCCN1CCC(c2cccc(OS(=O)(=O)C(F)(F)F)c2C#N)CC1.CCCN1CCC(c2cccc(OS(=O)(=O)C(F)(F)F)c2Cl)CC1.CCN1CCC(c2cccc(OS(=O)(=O)C(F)(F)F)c2C#N)CC1.CCN1CCC(c2cccc(OS(=O)(=O)C(F)(F)F)c2Cl)CC1.COCCN1CCC(c2cccc(OS(=O)(=O)C(F)(F)F)c2C#N)CC1. The van der Waals surface area contributed by atoms with E-state index in [1.54, 1.807) is 73.9 Å². The number of nitriles is 4. The highest BCUT2D eigenvalue weighted by atomic mass is 35.5. The minimum atomic E-state index is -5.82. The fourth-order valence-electron chi connectivity index (χ4n) is 17.1. The quantitative estimate of drug-likeness (QED) is 0.0182. The Balaban J connectivity index is 0.000000239.